The summed E-state index contributed by atoms with van der Waals surface area (Å²) in [6.45, 7) is 5.75. The number of nitrogens with one attached hydrogen (secondary N) is 2. The third kappa shape index (κ3) is 5.91. The van der Waals surface area contributed by atoms with Crippen LogP contribution >= 0.6 is 0 Å². The first-order valence-corrected chi connectivity index (χ1v) is 16.5. The van der Waals surface area contributed by atoms with E-state index < -0.39 is 17.3 Å². The summed E-state index contributed by atoms with van der Waals surface area (Å²) in [6, 6.07) is 12.9. The highest BCUT2D eigenvalue weighted by atomic mass is 19.1. The molecular weight excluding hydrogens is 627 g/mol. The fourth-order valence-corrected chi connectivity index (χ4v) is 6.84. The lowest BCUT2D eigenvalue weighted by Crippen LogP contribution is -2.50. The van der Waals surface area contributed by atoms with Gasteiger partial charge in [-0.05, 0) is 66.0 Å². The molecule has 0 bridgehead atoms. The van der Waals surface area contributed by atoms with Gasteiger partial charge in [0.2, 0.25) is 11.9 Å². The number of rotatable bonds is 8. The molecule has 3 aromatic heterocycles. The third-order valence-corrected chi connectivity index (χ3v) is 9.61. The van der Waals surface area contributed by atoms with Gasteiger partial charge in [-0.1, -0.05) is 24.3 Å². The van der Waals surface area contributed by atoms with Crippen molar-refractivity contribution in [1.29, 1.82) is 0 Å². The summed E-state index contributed by atoms with van der Waals surface area (Å²) in [7, 11) is 0. The van der Waals surface area contributed by atoms with E-state index >= 15 is 4.39 Å². The summed E-state index contributed by atoms with van der Waals surface area (Å²) in [6.07, 6.45) is 6.70. The minimum atomic E-state index is -0.560. The van der Waals surface area contributed by atoms with Gasteiger partial charge in [0, 0.05) is 55.3 Å². The predicted octanol–water partition coefficient (Wildman–Crippen LogP) is 5.45. The van der Waals surface area contributed by atoms with Crippen molar-refractivity contribution in [2.24, 2.45) is 0 Å². The van der Waals surface area contributed by atoms with E-state index in [9.17, 15) is 14.4 Å². The molecular formula is C37H35FN6O5. The van der Waals surface area contributed by atoms with Crippen molar-refractivity contribution in [3.8, 4) is 16.9 Å². The Kier molecular flexibility index (Phi) is 7.84. The molecule has 2 fully saturated rings. The fraction of sp³-hybridized carbons (Fsp3) is 0.324. The summed E-state index contributed by atoms with van der Waals surface area (Å²) in [5.41, 5.74) is 4.86. The Bertz CT molecular complexity index is 2250. The number of anilines is 1. The quantitative estimate of drug-likeness (QED) is 0.210. The molecule has 2 N–H and O–H groups in total. The molecule has 11 nitrogen and oxygen atoms in total. The number of aromatic nitrogens is 4. The van der Waals surface area contributed by atoms with Crippen LogP contribution in [0.1, 0.15) is 55.8 Å². The molecule has 5 aromatic rings. The zero-order chi connectivity index (χ0) is 33.8. The number of halogens is 1. The highest BCUT2D eigenvalue weighted by molar-refractivity contribution is 5.97. The fourth-order valence-electron chi connectivity index (χ4n) is 6.84. The number of carbonyl (C=O) groups is 2. The van der Waals surface area contributed by atoms with E-state index in [2.05, 4.69) is 26.3 Å². The molecule has 250 valence electrons. The maximum Gasteiger partial charge on any atom is 0.302 e. The van der Waals surface area contributed by atoms with E-state index in [4.69, 9.17) is 14.5 Å². The zero-order valence-corrected chi connectivity index (χ0v) is 27.2. The van der Waals surface area contributed by atoms with Crippen LogP contribution in [-0.4, -0.2) is 68.6 Å². The Labute approximate surface area is 280 Å². The molecule has 1 saturated heterocycles. The van der Waals surface area contributed by atoms with E-state index in [0.29, 0.717) is 50.9 Å². The van der Waals surface area contributed by atoms with Gasteiger partial charge in [-0.2, -0.15) is 4.98 Å². The average Bonchev–Trinajstić information content (AvgIpc) is 3.81. The molecule has 8 rings (SSSR count). The summed E-state index contributed by atoms with van der Waals surface area (Å²) in [5, 5.41) is 3.92. The molecule has 0 radical (unpaired) electrons. The van der Waals surface area contributed by atoms with Gasteiger partial charge >= 0.3 is 5.97 Å². The van der Waals surface area contributed by atoms with Crippen LogP contribution in [0, 0.1) is 5.82 Å². The topological polar surface area (TPSA) is 131 Å². The Balaban J connectivity index is 1.27. The van der Waals surface area contributed by atoms with Gasteiger partial charge in [-0.25, -0.2) is 9.37 Å². The molecule has 49 heavy (non-hydrogen) atoms. The van der Waals surface area contributed by atoms with Crippen LogP contribution in [0.5, 0.6) is 0 Å². The average molecular weight is 663 g/mol. The molecule has 0 atom stereocenters. The minimum Gasteiger partial charge on any atom is -0.461 e. The standard InChI is InChI=1S/C37H35FN6O5/c1-20(45)39-37-41-34(28-16-31(40-35(28)42-37)23-8-11-43(12-9-23)26-17-48-18-26)27-4-3-5-32(29(27)19-49-21(2)46)44-13-10-24-14-25(22-6-7-22)15-30(38)33(24)36(44)47/h3-5,8,10,13-16,22,26H,6-7,9,11-12,17-19H2,1-2H3,(H2,39,40,41,42,45). The van der Waals surface area contributed by atoms with E-state index in [-0.39, 0.29) is 23.8 Å². The number of fused-ring (bicyclic) bond motifs is 2. The number of nitrogens with zero attached hydrogens (tertiary/aromatic N) is 4. The van der Waals surface area contributed by atoms with E-state index in [1.165, 1.54) is 24.5 Å². The van der Waals surface area contributed by atoms with Crippen LogP contribution in [0.4, 0.5) is 10.3 Å². The molecule has 2 aromatic carbocycles. The molecule has 0 unspecified atom stereocenters. The lowest BCUT2D eigenvalue weighted by molar-refractivity contribution is -0.142. The van der Waals surface area contributed by atoms with E-state index in [1.807, 2.05) is 18.2 Å². The number of carbonyl (C=O) groups excluding carboxylic acids is 2. The van der Waals surface area contributed by atoms with Crippen LogP contribution in [0.25, 0.3) is 44.3 Å². The molecule has 1 amide bonds. The molecule has 1 aliphatic carbocycles. The van der Waals surface area contributed by atoms with Crippen molar-refractivity contribution in [3.63, 3.8) is 0 Å². The number of amides is 1. The van der Waals surface area contributed by atoms with Crippen molar-refractivity contribution in [1.82, 2.24) is 24.4 Å². The number of pyridine rings is 1. The zero-order valence-electron chi connectivity index (χ0n) is 27.2. The van der Waals surface area contributed by atoms with Crippen LogP contribution in [0.15, 0.2) is 59.5 Å². The SMILES string of the molecule is CC(=O)Nc1nc(-c2cccc(-n3ccc4cc(C5CC5)cc(F)c4c3=O)c2COC(C)=O)c2cc(C3=CCN(C4COC4)CC3)[nH]c2n1. The van der Waals surface area contributed by atoms with Crippen molar-refractivity contribution in [2.75, 3.05) is 31.6 Å². The highest BCUT2D eigenvalue weighted by Crippen LogP contribution is 2.41. The van der Waals surface area contributed by atoms with Crippen molar-refractivity contribution in [2.45, 2.75) is 51.7 Å². The third-order valence-electron chi connectivity index (χ3n) is 9.61. The number of hydrogen-bond donors (Lipinski definition) is 2. The first-order chi connectivity index (χ1) is 23.7. The number of H-pyrrole nitrogens is 1. The molecule has 3 aliphatic rings. The number of aromatic amines is 1. The van der Waals surface area contributed by atoms with Gasteiger partial charge in [-0.15, -0.1) is 0 Å². The van der Waals surface area contributed by atoms with Crippen LogP contribution < -0.4 is 10.9 Å². The van der Waals surface area contributed by atoms with E-state index in [1.54, 1.807) is 24.4 Å². The normalized spacial score (nSPS) is 16.8. The van der Waals surface area contributed by atoms with Crippen molar-refractivity contribution >= 4 is 45.2 Å². The van der Waals surface area contributed by atoms with Crippen molar-refractivity contribution in [3.05, 3.63) is 87.7 Å². The van der Waals surface area contributed by atoms with Gasteiger partial charge in [-0.3, -0.25) is 29.2 Å². The van der Waals surface area contributed by atoms with Gasteiger partial charge in [0.05, 0.1) is 36.0 Å². The van der Waals surface area contributed by atoms with Gasteiger partial charge in [0.15, 0.2) is 0 Å². The lowest BCUT2D eigenvalue weighted by atomic mass is 9.99. The Morgan fingerprint density at radius 1 is 1.12 bits per heavy atom. The highest BCUT2D eigenvalue weighted by Gasteiger charge is 2.29. The van der Waals surface area contributed by atoms with Crippen LogP contribution in [-0.2, 0) is 25.7 Å². The number of esters is 1. The number of ether oxygens (including phenoxy) is 2. The van der Waals surface area contributed by atoms with Crippen LogP contribution in [0.3, 0.4) is 0 Å². The van der Waals surface area contributed by atoms with Gasteiger partial charge in [0.25, 0.3) is 5.56 Å². The molecule has 2 aliphatic heterocycles. The second kappa shape index (κ2) is 12.4. The number of benzene rings is 2. The van der Waals surface area contributed by atoms with E-state index in [0.717, 1.165) is 62.4 Å². The molecule has 5 heterocycles. The van der Waals surface area contributed by atoms with Crippen LogP contribution in [0.2, 0.25) is 0 Å². The second-order valence-electron chi connectivity index (χ2n) is 13.0. The maximum atomic E-state index is 15.5. The molecule has 12 heteroatoms. The van der Waals surface area contributed by atoms with Gasteiger partial charge in [0.1, 0.15) is 18.1 Å². The Hall–Kier alpha value is -5.20. The Morgan fingerprint density at radius 3 is 2.65 bits per heavy atom. The first-order valence-electron chi connectivity index (χ1n) is 16.5. The largest absolute Gasteiger partial charge is 0.461 e. The maximum absolute atomic E-state index is 15.5. The van der Waals surface area contributed by atoms with Gasteiger partial charge < -0.3 is 14.5 Å². The second-order valence-corrected chi connectivity index (χ2v) is 13.0. The summed E-state index contributed by atoms with van der Waals surface area (Å²) < 4.78 is 27.8. The molecule has 1 saturated carbocycles. The first kappa shape index (κ1) is 31.1. The molecule has 0 spiro atoms. The summed E-state index contributed by atoms with van der Waals surface area (Å²) >= 11 is 0. The summed E-state index contributed by atoms with van der Waals surface area (Å²) in [4.78, 5) is 53.4. The number of hydrogen-bond acceptors (Lipinski definition) is 8. The lowest BCUT2D eigenvalue weighted by Gasteiger charge is -2.38. The smallest absolute Gasteiger partial charge is 0.302 e. The van der Waals surface area contributed by atoms with Crippen molar-refractivity contribution < 1.29 is 23.5 Å². The minimum absolute atomic E-state index is 0.00690. The summed E-state index contributed by atoms with van der Waals surface area (Å²) in [5.74, 6) is -0.975. The predicted molar refractivity (Wildman–Crippen MR) is 183 cm³/mol. The Morgan fingerprint density at radius 2 is 1.96 bits per heavy atom. The monoisotopic (exact) mass is 662 g/mol.